The van der Waals surface area contributed by atoms with Crippen molar-refractivity contribution >= 4 is 11.6 Å². The van der Waals surface area contributed by atoms with Gasteiger partial charge in [-0.1, -0.05) is 41.9 Å². The molecule has 1 heterocycles. The van der Waals surface area contributed by atoms with Crippen LogP contribution in [0.3, 0.4) is 0 Å². The molecule has 0 amide bonds. The quantitative estimate of drug-likeness (QED) is 0.571. The monoisotopic (exact) mass is 395 g/mol. The molecule has 2 aromatic carbocycles. The Bertz CT molecular complexity index is 884. The number of ether oxygens (including phenoxy) is 1. The van der Waals surface area contributed by atoms with Crippen molar-refractivity contribution < 1.29 is 4.74 Å². The first-order valence-electron chi connectivity index (χ1n) is 9.33. The highest BCUT2D eigenvalue weighted by Crippen LogP contribution is 2.24. The third-order valence-electron chi connectivity index (χ3n) is 4.27. The van der Waals surface area contributed by atoms with Crippen molar-refractivity contribution in [3.8, 4) is 5.75 Å². The minimum Gasteiger partial charge on any atom is -0.489 e. The van der Waals surface area contributed by atoms with Gasteiger partial charge in [-0.05, 0) is 49.5 Å². The van der Waals surface area contributed by atoms with E-state index < -0.39 is 0 Å². The van der Waals surface area contributed by atoms with Gasteiger partial charge in [0.25, 0.3) is 0 Å². The van der Waals surface area contributed by atoms with Crippen LogP contribution in [0.1, 0.15) is 22.3 Å². The lowest BCUT2D eigenvalue weighted by Gasteiger charge is -2.14. The van der Waals surface area contributed by atoms with Crippen LogP contribution in [-0.2, 0) is 26.2 Å². The largest absolute Gasteiger partial charge is 0.489 e. The second-order valence-corrected chi connectivity index (χ2v) is 7.50. The zero-order valence-corrected chi connectivity index (χ0v) is 17.1. The second-order valence-electron chi connectivity index (χ2n) is 7.06. The highest BCUT2D eigenvalue weighted by atomic mass is 35.5. The first-order valence-corrected chi connectivity index (χ1v) is 9.71. The third-order valence-corrected chi connectivity index (χ3v) is 4.51. The first kappa shape index (κ1) is 20.3. The molecular formula is C23H26ClN3O. The van der Waals surface area contributed by atoms with Crippen molar-refractivity contribution in [2.45, 2.75) is 26.2 Å². The number of benzene rings is 2. The van der Waals surface area contributed by atoms with Crippen LogP contribution in [0.5, 0.6) is 5.75 Å². The number of halogens is 1. The Hall–Kier alpha value is -2.40. The van der Waals surface area contributed by atoms with E-state index in [1.807, 2.05) is 36.5 Å². The molecule has 0 spiro atoms. The number of pyridine rings is 1. The van der Waals surface area contributed by atoms with Gasteiger partial charge in [-0.3, -0.25) is 4.98 Å². The smallest absolute Gasteiger partial charge is 0.124 e. The highest BCUT2D eigenvalue weighted by molar-refractivity contribution is 6.30. The summed E-state index contributed by atoms with van der Waals surface area (Å²) in [6, 6.07) is 18.3. The molecule has 1 N–H and O–H groups in total. The Morgan fingerprint density at radius 2 is 1.79 bits per heavy atom. The first-order chi connectivity index (χ1) is 13.6. The summed E-state index contributed by atoms with van der Waals surface area (Å²) in [5, 5.41) is 4.21. The summed E-state index contributed by atoms with van der Waals surface area (Å²) in [5.41, 5.74) is 4.65. The molecule has 0 unspecified atom stereocenters. The van der Waals surface area contributed by atoms with Crippen molar-refractivity contribution in [1.29, 1.82) is 0 Å². The SMILES string of the molecule is CN(C)Cc1cccc(CNCc2cc(Cl)ccc2OCc2cccnc2)c1. The molecule has 0 aliphatic carbocycles. The molecule has 0 saturated heterocycles. The molecular weight excluding hydrogens is 370 g/mol. The van der Waals surface area contributed by atoms with Gasteiger partial charge >= 0.3 is 0 Å². The molecule has 0 bridgehead atoms. The molecule has 0 saturated carbocycles. The zero-order valence-electron chi connectivity index (χ0n) is 16.4. The van der Waals surface area contributed by atoms with Gasteiger partial charge in [0, 0.05) is 48.2 Å². The zero-order chi connectivity index (χ0) is 19.8. The van der Waals surface area contributed by atoms with Gasteiger partial charge in [-0.2, -0.15) is 0 Å². The Morgan fingerprint density at radius 3 is 2.57 bits per heavy atom. The molecule has 146 valence electrons. The predicted octanol–water partition coefficient (Wildman–Crippen LogP) is 4.67. The van der Waals surface area contributed by atoms with Crippen molar-refractivity contribution in [2.24, 2.45) is 0 Å². The van der Waals surface area contributed by atoms with Crippen LogP contribution in [0, 0.1) is 0 Å². The summed E-state index contributed by atoms with van der Waals surface area (Å²) in [6.45, 7) is 2.89. The van der Waals surface area contributed by atoms with E-state index in [0.717, 1.165) is 30.0 Å². The topological polar surface area (TPSA) is 37.4 Å². The average molecular weight is 396 g/mol. The molecule has 3 rings (SSSR count). The molecule has 28 heavy (non-hydrogen) atoms. The van der Waals surface area contributed by atoms with Gasteiger partial charge in [0.15, 0.2) is 0 Å². The predicted molar refractivity (Wildman–Crippen MR) is 114 cm³/mol. The minimum absolute atomic E-state index is 0.481. The summed E-state index contributed by atoms with van der Waals surface area (Å²) in [6.07, 6.45) is 3.57. The van der Waals surface area contributed by atoms with Crippen molar-refractivity contribution in [3.63, 3.8) is 0 Å². The van der Waals surface area contributed by atoms with E-state index in [1.54, 1.807) is 6.20 Å². The normalized spacial score (nSPS) is 11.0. The van der Waals surface area contributed by atoms with Gasteiger partial charge < -0.3 is 15.0 Å². The van der Waals surface area contributed by atoms with Crippen LogP contribution >= 0.6 is 11.6 Å². The molecule has 0 aliphatic heterocycles. The summed E-state index contributed by atoms with van der Waals surface area (Å²) < 4.78 is 6.00. The van der Waals surface area contributed by atoms with Crippen LogP contribution in [0.2, 0.25) is 5.02 Å². The lowest BCUT2D eigenvalue weighted by atomic mass is 10.1. The average Bonchev–Trinajstić information content (AvgIpc) is 2.68. The standard InChI is InChI=1S/C23H26ClN3O/c1-27(2)16-19-6-3-5-18(11-19)13-26-15-21-12-22(24)8-9-23(21)28-17-20-7-4-10-25-14-20/h3-12,14,26H,13,15-17H2,1-2H3. The van der Waals surface area contributed by atoms with Crippen molar-refractivity contribution in [2.75, 3.05) is 14.1 Å². The number of rotatable bonds is 9. The Morgan fingerprint density at radius 1 is 0.964 bits per heavy atom. The minimum atomic E-state index is 0.481. The maximum absolute atomic E-state index is 6.20. The van der Waals surface area contributed by atoms with E-state index in [1.165, 1.54) is 11.1 Å². The fourth-order valence-corrected chi connectivity index (χ4v) is 3.21. The number of nitrogens with one attached hydrogen (secondary N) is 1. The molecule has 0 fully saturated rings. The number of hydrogen-bond acceptors (Lipinski definition) is 4. The maximum Gasteiger partial charge on any atom is 0.124 e. The molecule has 5 heteroatoms. The van der Waals surface area contributed by atoms with E-state index in [4.69, 9.17) is 16.3 Å². The van der Waals surface area contributed by atoms with Crippen molar-refractivity contribution in [1.82, 2.24) is 15.2 Å². The summed E-state index contributed by atoms with van der Waals surface area (Å²) in [4.78, 5) is 6.30. The Kier molecular flexibility index (Phi) is 7.43. The summed E-state index contributed by atoms with van der Waals surface area (Å²) in [7, 11) is 4.16. The maximum atomic E-state index is 6.20. The number of hydrogen-bond donors (Lipinski definition) is 1. The lowest BCUT2D eigenvalue weighted by Crippen LogP contribution is -2.15. The highest BCUT2D eigenvalue weighted by Gasteiger charge is 2.06. The van der Waals surface area contributed by atoms with E-state index in [9.17, 15) is 0 Å². The Labute approximate surface area is 172 Å². The molecule has 4 nitrogen and oxygen atoms in total. The number of aromatic nitrogens is 1. The summed E-state index contributed by atoms with van der Waals surface area (Å²) in [5.74, 6) is 0.835. The van der Waals surface area contributed by atoms with Gasteiger partial charge in [0.05, 0.1) is 0 Å². The fraction of sp³-hybridized carbons (Fsp3) is 0.261. The van der Waals surface area contributed by atoms with E-state index in [-0.39, 0.29) is 0 Å². The van der Waals surface area contributed by atoms with Gasteiger partial charge in [-0.15, -0.1) is 0 Å². The van der Waals surface area contributed by atoms with Gasteiger partial charge in [0.2, 0.25) is 0 Å². The van der Waals surface area contributed by atoms with Crippen molar-refractivity contribution in [3.05, 3.63) is 94.3 Å². The molecule has 1 aromatic heterocycles. The lowest BCUT2D eigenvalue weighted by molar-refractivity contribution is 0.301. The van der Waals surface area contributed by atoms with Gasteiger partial charge in [-0.25, -0.2) is 0 Å². The van der Waals surface area contributed by atoms with E-state index in [2.05, 4.69) is 53.6 Å². The van der Waals surface area contributed by atoms with Crippen LogP contribution < -0.4 is 10.1 Å². The molecule has 0 atom stereocenters. The van der Waals surface area contributed by atoms with Gasteiger partial charge in [0.1, 0.15) is 12.4 Å². The van der Waals surface area contributed by atoms with Crippen LogP contribution in [0.4, 0.5) is 0 Å². The summed E-state index contributed by atoms with van der Waals surface area (Å²) >= 11 is 6.20. The second kappa shape index (κ2) is 10.2. The Balaban J connectivity index is 1.60. The number of nitrogens with zero attached hydrogens (tertiary/aromatic N) is 2. The molecule has 0 aliphatic rings. The van der Waals surface area contributed by atoms with Crippen LogP contribution in [-0.4, -0.2) is 24.0 Å². The molecule has 0 radical (unpaired) electrons. The van der Waals surface area contributed by atoms with Crippen LogP contribution in [0.25, 0.3) is 0 Å². The fourth-order valence-electron chi connectivity index (χ4n) is 3.02. The van der Waals surface area contributed by atoms with E-state index in [0.29, 0.717) is 18.2 Å². The molecule has 3 aromatic rings. The van der Waals surface area contributed by atoms with Crippen LogP contribution in [0.15, 0.2) is 67.0 Å². The van der Waals surface area contributed by atoms with E-state index >= 15 is 0 Å². The third kappa shape index (κ3) is 6.34.